The van der Waals surface area contributed by atoms with Gasteiger partial charge in [-0.1, -0.05) is 18.2 Å². The van der Waals surface area contributed by atoms with Gasteiger partial charge in [0.1, 0.15) is 18.5 Å². The molecule has 7 heteroatoms. The zero-order chi connectivity index (χ0) is 20.6. The predicted molar refractivity (Wildman–Crippen MR) is 111 cm³/mol. The fraction of sp³-hybridized carbons (Fsp3) is 0.636. The number of piperidine rings is 1. The van der Waals surface area contributed by atoms with E-state index in [4.69, 9.17) is 9.47 Å². The van der Waals surface area contributed by atoms with Crippen molar-refractivity contribution in [3.05, 3.63) is 30.3 Å². The SMILES string of the molecule is CCOCC(=O)N1CC[C@H](Oc2ccccc2)[C@@H](CC(=O)N2CCN(C)CC2)C1. The molecule has 2 fully saturated rings. The topological polar surface area (TPSA) is 62.3 Å². The molecule has 0 bridgehead atoms. The summed E-state index contributed by atoms with van der Waals surface area (Å²) in [6.07, 6.45) is 1.04. The van der Waals surface area contributed by atoms with E-state index in [1.807, 2.05) is 47.1 Å². The molecule has 0 aliphatic carbocycles. The number of hydrogen-bond acceptors (Lipinski definition) is 5. The first kappa shape index (κ1) is 21.6. The van der Waals surface area contributed by atoms with Gasteiger partial charge in [-0.15, -0.1) is 0 Å². The van der Waals surface area contributed by atoms with E-state index in [2.05, 4.69) is 11.9 Å². The lowest BCUT2D eigenvalue weighted by atomic mass is 9.90. The molecule has 3 rings (SSSR count). The van der Waals surface area contributed by atoms with Crippen LogP contribution in [0.1, 0.15) is 19.8 Å². The summed E-state index contributed by atoms with van der Waals surface area (Å²) in [4.78, 5) is 31.4. The monoisotopic (exact) mass is 403 g/mol. The van der Waals surface area contributed by atoms with Crippen molar-refractivity contribution in [2.45, 2.75) is 25.9 Å². The third kappa shape index (κ3) is 6.18. The lowest BCUT2D eigenvalue weighted by molar-refractivity contribution is -0.142. The van der Waals surface area contributed by atoms with E-state index in [9.17, 15) is 9.59 Å². The molecule has 2 saturated heterocycles. The molecule has 0 aromatic heterocycles. The lowest BCUT2D eigenvalue weighted by Crippen LogP contribution is -2.52. The first-order chi connectivity index (χ1) is 14.1. The Balaban J connectivity index is 1.65. The van der Waals surface area contributed by atoms with Gasteiger partial charge in [0.05, 0.1) is 0 Å². The molecule has 2 amide bonds. The second-order valence-corrected chi connectivity index (χ2v) is 7.88. The Kier molecular flexibility index (Phi) is 7.89. The quantitative estimate of drug-likeness (QED) is 0.690. The summed E-state index contributed by atoms with van der Waals surface area (Å²) in [6.45, 7) is 6.98. The first-order valence-corrected chi connectivity index (χ1v) is 10.6. The van der Waals surface area contributed by atoms with E-state index in [1.54, 1.807) is 0 Å². The summed E-state index contributed by atoms with van der Waals surface area (Å²) in [5.41, 5.74) is 0. The predicted octanol–water partition coefficient (Wildman–Crippen LogP) is 1.48. The molecule has 2 aliphatic heterocycles. The van der Waals surface area contributed by atoms with Crippen LogP contribution in [0.4, 0.5) is 0 Å². The molecule has 2 heterocycles. The van der Waals surface area contributed by atoms with E-state index in [1.165, 1.54) is 0 Å². The van der Waals surface area contributed by atoms with Gasteiger partial charge >= 0.3 is 0 Å². The maximum Gasteiger partial charge on any atom is 0.248 e. The summed E-state index contributed by atoms with van der Waals surface area (Å²) in [6, 6.07) is 9.72. The average Bonchev–Trinajstić information content (AvgIpc) is 2.74. The number of carbonyl (C=O) groups excluding carboxylic acids is 2. The van der Waals surface area contributed by atoms with Gasteiger partial charge in [-0.25, -0.2) is 0 Å². The van der Waals surface area contributed by atoms with E-state index in [0.29, 0.717) is 32.5 Å². The molecule has 0 radical (unpaired) electrons. The fourth-order valence-electron chi connectivity index (χ4n) is 3.95. The highest BCUT2D eigenvalue weighted by atomic mass is 16.5. The van der Waals surface area contributed by atoms with Crippen LogP contribution in [0.25, 0.3) is 0 Å². The zero-order valence-corrected chi connectivity index (χ0v) is 17.6. The van der Waals surface area contributed by atoms with Gasteiger partial charge in [-0.3, -0.25) is 9.59 Å². The van der Waals surface area contributed by atoms with Gasteiger partial charge < -0.3 is 24.2 Å². The summed E-state index contributed by atoms with van der Waals surface area (Å²) < 4.78 is 11.5. The normalized spacial score (nSPS) is 23.1. The molecule has 0 N–H and O–H groups in total. The molecule has 160 valence electrons. The van der Waals surface area contributed by atoms with Crippen molar-refractivity contribution in [3.63, 3.8) is 0 Å². The Labute approximate surface area is 173 Å². The van der Waals surface area contributed by atoms with Gasteiger partial charge in [0.15, 0.2) is 0 Å². The molecule has 2 atom stereocenters. The molecule has 0 spiro atoms. The number of likely N-dealkylation sites (N-methyl/N-ethyl adjacent to an activating group) is 1. The molecule has 0 saturated carbocycles. The van der Waals surface area contributed by atoms with E-state index < -0.39 is 0 Å². The van der Waals surface area contributed by atoms with Crippen LogP contribution in [0.2, 0.25) is 0 Å². The molecular weight excluding hydrogens is 370 g/mol. The molecule has 0 unspecified atom stereocenters. The van der Waals surface area contributed by atoms with Crippen LogP contribution in [-0.4, -0.2) is 92.1 Å². The minimum Gasteiger partial charge on any atom is -0.490 e. The van der Waals surface area contributed by atoms with Crippen molar-refractivity contribution in [3.8, 4) is 5.75 Å². The van der Waals surface area contributed by atoms with Crippen molar-refractivity contribution < 1.29 is 19.1 Å². The first-order valence-electron chi connectivity index (χ1n) is 10.6. The second-order valence-electron chi connectivity index (χ2n) is 7.88. The molecule has 29 heavy (non-hydrogen) atoms. The highest BCUT2D eigenvalue weighted by Gasteiger charge is 2.35. The van der Waals surface area contributed by atoms with Gasteiger partial charge in [0.2, 0.25) is 11.8 Å². The Morgan fingerprint density at radius 1 is 1.00 bits per heavy atom. The van der Waals surface area contributed by atoms with Crippen molar-refractivity contribution in [2.75, 3.05) is 59.5 Å². The number of carbonyl (C=O) groups is 2. The van der Waals surface area contributed by atoms with E-state index >= 15 is 0 Å². The number of para-hydroxylation sites is 1. The van der Waals surface area contributed by atoms with Crippen LogP contribution >= 0.6 is 0 Å². The highest BCUT2D eigenvalue weighted by Crippen LogP contribution is 2.26. The van der Waals surface area contributed by atoms with Crippen LogP contribution in [0.15, 0.2) is 30.3 Å². The maximum absolute atomic E-state index is 12.9. The standard InChI is InChI=1S/C22H33N3O4/c1-3-28-17-22(27)25-10-9-20(29-19-7-5-4-6-8-19)18(16-25)15-21(26)24-13-11-23(2)12-14-24/h4-8,18,20H,3,9-17H2,1-2H3/t18-,20-/m0/s1. The number of nitrogens with zero attached hydrogens (tertiary/aromatic N) is 3. The number of likely N-dealkylation sites (tertiary alicyclic amines) is 1. The van der Waals surface area contributed by atoms with Crippen LogP contribution in [0, 0.1) is 5.92 Å². The molecule has 2 aliphatic rings. The zero-order valence-electron chi connectivity index (χ0n) is 17.6. The summed E-state index contributed by atoms with van der Waals surface area (Å²) >= 11 is 0. The largest absolute Gasteiger partial charge is 0.490 e. The van der Waals surface area contributed by atoms with Gasteiger partial charge in [-0.2, -0.15) is 0 Å². The average molecular weight is 404 g/mol. The van der Waals surface area contributed by atoms with E-state index in [-0.39, 0.29) is 30.4 Å². The number of piperazine rings is 1. The highest BCUT2D eigenvalue weighted by molar-refractivity contribution is 5.78. The van der Waals surface area contributed by atoms with Crippen LogP contribution < -0.4 is 4.74 Å². The molecule has 7 nitrogen and oxygen atoms in total. The van der Waals surface area contributed by atoms with Crippen molar-refractivity contribution in [2.24, 2.45) is 5.92 Å². The third-order valence-electron chi connectivity index (χ3n) is 5.77. The molecular formula is C22H33N3O4. The Morgan fingerprint density at radius 2 is 1.72 bits per heavy atom. The summed E-state index contributed by atoms with van der Waals surface area (Å²) in [5, 5.41) is 0. The van der Waals surface area contributed by atoms with E-state index in [0.717, 1.165) is 31.9 Å². The Bertz CT molecular complexity index is 661. The number of hydrogen-bond donors (Lipinski definition) is 0. The maximum atomic E-state index is 12.9. The number of benzene rings is 1. The smallest absolute Gasteiger partial charge is 0.248 e. The fourth-order valence-corrected chi connectivity index (χ4v) is 3.95. The minimum absolute atomic E-state index is 0.0120. The Hall–Kier alpha value is -2.12. The van der Waals surface area contributed by atoms with Gasteiger partial charge in [0.25, 0.3) is 0 Å². The van der Waals surface area contributed by atoms with Crippen LogP contribution in [-0.2, 0) is 14.3 Å². The number of ether oxygens (including phenoxy) is 2. The van der Waals surface area contributed by atoms with Crippen LogP contribution in [0.3, 0.4) is 0 Å². The van der Waals surface area contributed by atoms with Crippen molar-refractivity contribution >= 4 is 11.8 Å². The Morgan fingerprint density at radius 3 is 2.41 bits per heavy atom. The summed E-state index contributed by atoms with van der Waals surface area (Å²) in [5.74, 6) is 0.927. The van der Waals surface area contributed by atoms with Gasteiger partial charge in [0, 0.05) is 64.6 Å². The summed E-state index contributed by atoms with van der Waals surface area (Å²) in [7, 11) is 2.08. The van der Waals surface area contributed by atoms with Crippen LogP contribution in [0.5, 0.6) is 5.75 Å². The van der Waals surface area contributed by atoms with Crippen molar-refractivity contribution in [1.82, 2.24) is 14.7 Å². The molecule has 1 aromatic carbocycles. The lowest BCUT2D eigenvalue weighted by Gasteiger charge is -2.40. The van der Waals surface area contributed by atoms with Crippen molar-refractivity contribution in [1.29, 1.82) is 0 Å². The number of amides is 2. The van der Waals surface area contributed by atoms with Gasteiger partial charge in [-0.05, 0) is 26.1 Å². The number of rotatable bonds is 7. The third-order valence-corrected chi connectivity index (χ3v) is 5.77. The second kappa shape index (κ2) is 10.6. The molecule has 1 aromatic rings. The minimum atomic E-state index is -0.0787.